The van der Waals surface area contributed by atoms with Gasteiger partial charge in [0.2, 0.25) is 0 Å². The first kappa shape index (κ1) is 13.7. The first-order valence-electron chi connectivity index (χ1n) is 5.47. The highest BCUT2D eigenvalue weighted by Gasteiger charge is 2.08. The minimum Gasteiger partial charge on any atom is -0.330 e. The Kier molecular flexibility index (Phi) is 4.89. The predicted octanol–water partition coefficient (Wildman–Crippen LogP) is 4.04. The lowest BCUT2D eigenvalue weighted by Crippen LogP contribution is -2.04. The average molecular weight is 299 g/mol. The van der Waals surface area contributed by atoms with Gasteiger partial charge in [0.05, 0.1) is 5.02 Å². The summed E-state index contributed by atoms with van der Waals surface area (Å²) in [5, 5.41) is 2.27. The molecule has 0 fully saturated rings. The van der Waals surface area contributed by atoms with E-state index in [1.54, 1.807) is 18.0 Å². The second-order valence-corrected chi connectivity index (χ2v) is 5.58. The molecule has 0 spiro atoms. The van der Waals surface area contributed by atoms with E-state index in [9.17, 15) is 0 Å². The minimum atomic E-state index is 0.575. The summed E-state index contributed by atoms with van der Waals surface area (Å²) in [5.41, 5.74) is 6.68. The summed E-state index contributed by atoms with van der Waals surface area (Å²) in [6, 6.07) is 9.55. The lowest BCUT2D eigenvalue weighted by molar-refractivity contribution is 0.943. The van der Waals surface area contributed by atoms with Crippen molar-refractivity contribution in [1.82, 2.24) is 4.98 Å². The van der Waals surface area contributed by atoms with Crippen molar-refractivity contribution in [3.05, 3.63) is 52.1 Å². The molecule has 0 saturated heterocycles. The van der Waals surface area contributed by atoms with Crippen LogP contribution in [0.5, 0.6) is 0 Å². The van der Waals surface area contributed by atoms with Crippen molar-refractivity contribution >= 4 is 35.0 Å². The zero-order valence-electron chi connectivity index (χ0n) is 9.57. The van der Waals surface area contributed by atoms with Gasteiger partial charge in [0.15, 0.2) is 0 Å². The Morgan fingerprint density at radius 1 is 1.17 bits per heavy atom. The molecule has 0 aliphatic rings. The van der Waals surface area contributed by atoms with Gasteiger partial charge in [-0.1, -0.05) is 41.0 Å². The lowest BCUT2D eigenvalue weighted by atomic mass is 10.1. The number of benzene rings is 1. The molecule has 2 N–H and O–H groups in total. The Morgan fingerprint density at radius 3 is 2.67 bits per heavy atom. The van der Waals surface area contributed by atoms with E-state index >= 15 is 0 Å². The summed E-state index contributed by atoms with van der Waals surface area (Å²) in [5.74, 6) is 0. The number of hydrogen-bond donors (Lipinski definition) is 1. The fourth-order valence-electron chi connectivity index (χ4n) is 1.56. The Balaban J connectivity index is 2.28. The summed E-state index contributed by atoms with van der Waals surface area (Å²) >= 11 is 13.6. The van der Waals surface area contributed by atoms with Crippen LogP contribution in [-0.4, -0.2) is 11.5 Å². The maximum Gasteiger partial charge on any atom is 0.101 e. The molecular weight excluding hydrogens is 287 g/mol. The molecule has 0 amide bonds. The number of nitrogens with zero attached hydrogens (tertiary/aromatic N) is 1. The van der Waals surface area contributed by atoms with Crippen LogP contribution in [0, 0.1) is 0 Å². The van der Waals surface area contributed by atoms with Crippen LogP contribution in [0.1, 0.15) is 5.56 Å². The Bertz CT molecular complexity index is 529. The van der Waals surface area contributed by atoms with Crippen molar-refractivity contribution in [2.24, 2.45) is 5.73 Å². The van der Waals surface area contributed by atoms with Gasteiger partial charge >= 0.3 is 0 Å². The lowest BCUT2D eigenvalue weighted by Gasteiger charge is -2.09. The van der Waals surface area contributed by atoms with Gasteiger partial charge in [0, 0.05) is 16.1 Å². The van der Waals surface area contributed by atoms with Crippen LogP contribution >= 0.6 is 35.0 Å². The van der Waals surface area contributed by atoms with Crippen molar-refractivity contribution in [2.75, 3.05) is 6.54 Å². The number of pyridine rings is 1. The summed E-state index contributed by atoms with van der Waals surface area (Å²) in [6.07, 6.45) is 2.40. The van der Waals surface area contributed by atoms with Gasteiger partial charge < -0.3 is 5.73 Å². The van der Waals surface area contributed by atoms with Gasteiger partial charge in [-0.2, -0.15) is 0 Å². The largest absolute Gasteiger partial charge is 0.330 e. The fourth-order valence-corrected chi connectivity index (χ4v) is 2.94. The molecule has 0 radical (unpaired) electrons. The predicted molar refractivity (Wildman–Crippen MR) is 77.6 cm³/mol. The van der Waals surface area contributed by atoms with E-state index in [4.69, 9.17) is 28.9 Å². The van der Waals surface area contributed by atoms with Crippen molar-refractivity contribution < 1.29 is 0 Å². The maximum absolute atomic E-state index is 6.19. The fraction of sp³-hybridized carbons (Fsp3) is 0.154. The Morgan fingerprint density at radius 2 is 2.00 bits per heavy atom. The Labute approximate surface area is 121 Å². The third kappa shape index (κ3) is 3.39. The quantitative estimate of drug-likeness (QED) is 0.926. The van der Waals surface area contributed by atoms with E-state index in [0.717, 1.165) is 26.9 Å². The van der Waals surface area contributed by atoms with Gasteiger partial charge in [-0.3, -0.25) is 0 Å². The smallest absolute Gasteiger partial charge is 0.101 e. The van der Waals surface area contributed by atoms with Crippen molar-refractivity contribution in [1.29, 1.82) is 0 Å². The minimum absolute atomic E-state index is 0.575. The third-order valence-electron chi connectivity index (χ3n) is 2.38. The van der Waals surface area contributed by atoms with Crippen molar-refractivity contribution in [3.8, 4) is 0 Å². The number of aromatic nitrogens is 1. The summed E-state index contributed by atoms with van der Waals surface area (Å²) in [6.45, 7) is 0.575. The van der Waals surface area contributed by atoms with E-state index in [2.05, 4.69) is 4.98 Å². The number of hydrogen-bond acceptors (Lipinski definition) is 3. The molecule has 0 saturated carbocycles. The van der Waals surface area contributed by atoms with E-state index in [-0.39, 0.29) is 0 Å². The van der Waals surface area contributed by atoms with Crippen molar-refractivity contribution in [2.45, 2.75) is 16.3 Å². The number of rotatable bonds is 4. The van der Waals surface area contributed by atoms with Gasteiger partial charge in [0.25, 0.3) is 0 Å². The molecule has 0 aliphatic heterocycles. The standard InChI is InChI=1S/C13H12Cl2N2S/c14-9-4-5-13(17-8-9)18-12-3-1-2-11(15)10(12)6-7-16/h1-5,8H,6-7,16H2. The molecule has 2 nitrogen and oxygen atoms in total. The maximum atomic E-state index is 6.19. The normalized spacial score (nSPS) is 10.6. The van der Waals surface area contributed by atoms with Crippen molar-refractivity contribution in [3.63, 3.8) is 0 Å². The molecule has 0 aliphatic carbocycles. The molecule has 1 aromatic heterocycles. The third-order valence-corrected chi connectivity index (χ3v) is 4.02. The number of halogens is 2. The van der Waals surface area contributed by atoms with Gasteiger partial charge in [-0.25, -0.2) is 4.98 Å². The molecule has 1 heterocycles. The van der Waals surface area contributed by atoms with Crippen LogP contribution in [0.4, 0.5) is 0 Å². The zero-order chi connectivity index (χ0) is 13.0. The molecule has 0 bridgehead atoms. The first-order valence-corrected chi connectivity index (χ1v) is 7.05. The highest BCUT2D eigenvalue weighted by Crippen LogP contribution is 2.33. The molecule has 18 heavy (non-hydrogen) atoms. The zero-order valence-corrected chi connectivity index (χ0v) is 11.9. The second-order valence-electron chi connectivity index (χ2n) is 3.67. The van der Waals surface area contributed by atoms with Gasteiger partial charge in [-0.15, -0.1) is 0 Å². The second kappa shape index (κ2) is 6.43. The summed E-state index contributed by atoms with van der Waals surface area (Å²) in [7, 11) is 0. The Hall–Kier alpha value is -0.740. The van der Waals surface area contributed by atoms with Crippen LogP contribution in [0.3, 0.4) is 0 Å². The van der Waals surface area contributed by atoms with Gasteiger partial charge in [-0.05, 0) is 42.8 Å². The molecule has 0 unspecified atom stereocenters. The molecule has 5 heteroatoms. The highest BCUT2D eigenvalue weighted by molar-refractivity contribution is 7.99. The van der Waals surface area contributed by atoms with E-state index in [0.29, 0.717) is 11.6 Å². The molecule has 94 valence electrons. The van der Waals surface area contributed by atoms with Crippen LogP contribution in [-0.2, 0) is 6.42 Å². The average Bonchev–Trinajstić information content (AvgIpc) is 2.36. The molecule has 1 aromatic carbocycles. The van der Waals surface area contributed by atoms with Gasteiger partial charge in [0.1, 0.15) is 5.03 Å². The SMILES string of the molecule is NCCc1c(Cl)cccc1Sc1ccc(Cl)cn1. The summed E-state index contributed by atoms with van der Waals surface area (Å²) < 4.78 is 0. The van der Waals surface area contributed by atoms with E-state index < -0.39 is 0 Å². The van der Waals surface area contributed by atoms with Crippen LogP contribution in [0.25, 0.3) is 0 Å². The van der Waals surface area contributed by atoms with Crippen LogP contribution in [0.2, 0.25) is 10.0 Å². The number of nitrogens with two attached hydrogens (primary N) is 1. The molecular formula is C13H12Cl2N2S. The van der Waals surface area contributed by atoms with E-state index in [1.807, 2.05) is 30.3 Å². The van der Waals surface area contributed by atoms with Crippen LogP contribution < -0.4 is 5.73 Å². The molecule has 2 rings (SSSR count). The molecule has 0 atom stereocenters. The topological polar surface area (TPSA) is 38.9 Å². The molecule has 2 aromatic rings. The highest BCUT2D eigenvalue weighted by atomic mass is 35.5. The summed E-state index contributed by atoms with van der Waals surface area (Å²) in [4.78, 5) is 5.35. The monoisotopic (exact) mass is 298 g/mol. The first-order chi connectivity index (χ1) is 8.70. The van der Waals surface area contributed by atoms with Crippen LogP contribution in [0.15, 0.2) is 46.5 Å². The van der Waals surface area contributed by atoms with E-state index in [1.165, 1.54) is 0 Å².